The van der Waals surface area contributed by atoms with Crippen molar-refractivity contribution in [3.05, 3.63) is 265 Å². The van der Waals surface area contributed by atoms with Crippen LogP contribution in [0.15, 0.2) is 171 Å². The monoisotopic (exact) mass is 1200 g/mol. The van der Waals surface area contributed by atoms with Gasteiger partial charge in [0.2, 0.25) is 28.5 Å². The number of hydrogen-bond donors (Lipinski definition) is 0. The first kappa shape index (κ1) is 51.7. The summed E-state index contributed by atoms with van der Waals surface area (Å²) in [5, 5.41) is 0. The molecule has 0 aliphatic rings. The Kier molecular flexibility index (Phi) is 18.2. The summed E-state index contributed by atoms with van der Waals surface area (Å²) in [5.41, 5.74) is 28.5. The molecule has 0 fully saturated rings. The van der Waals surface area contributed by atoms with Crippen LogP contribution in [0.25, 0.3) is 56.3 Å². The van der Waals surface area contributed by atoms with E-state index >= 15 is 0 Å². The average molecular weight is 1200 g/mol. The maximum absolute atomic E-state index is 7.87. The summed E-state index contributed by atoms with van der Waals surface area (Å²) < 4.78 is 115. The van der Waals surface area contributed by atoms with Gasteiger partial charge in [0.1, 0.15) is 35.2 Å². The molecule has 0 atom stereocenters. The molecule has 0 radical (unpaired) electrons. The van der Waals surface area contributed by atoms with Crippen LogP contribution in [0, 0.1) is 89.8 Å². The van der Waals surface area contributed by atoms with Crippen molar-refractivity contribution in [2.24, 2.45) is 35.2 Å². The molecule has 10 aromatic rings. The normalized spacial score (nSPS) is 13.9. The van der Waals surface area contributed by atoms with Crippen LogP contribution in [-0.2, 0) is 41.6 Å². The van der Waals surface area contributed by atoms with Gasteiger partial charge in [0.05, 0.1) is 0 Å². The van der Waals surface area contributed by atoms with Gasteiger partial charge in [-0.3, -0.25) is 0 Å². The number of aromatic nitrogens is 5. The van der Waals surface area contributed by atoms with Gasteiger partial charge >= 0.3 is 0 Å². The van der Waals surface area contributed by atoms with Crippen molar-refractivity contribution in [3.63, 3.8) is 0 Å². The Labute approximate surface area is 558 Å². The molecule has 464 valence electrons. The molecule has 0 saturated heterocycles. The molecule has 5 aromatic carbocycles. The van der Waals surface area contributed by atoms with Crippen molar-refractivity contribution in [1.82, 2.24) is 0 Å². The second kappa shape index (κ2) is 31.3. The van der Waals surface area contributed by atoms with E-state index in [-0.39, 0.29) is 16.7 Å². The summed E-state index contributed by atoms with van der Waals surface area (Å²) in [6, 6.07) is 45.6. The number of hydrogen-bond acceptors (Lipinski definition) is 0. The van der Waals surface area contributed by atoms with Crippen molar-refractivity contribution in [2.75, 3.05) is 0 Å². The molecule has 5 aromatic heterocycles. The molecule has 0 bridgehead atoms. The molecule has 0 saturated carbocycles. The SMILES string of the molecule is Cc1cc(-c2ccc(C(C)C)cc2C)[n+](C)cc1C.Cc1cc(C(C)C)ccc1-c1ccc(C(C)C)c[n+]1C.Cc1ccc(-c2cc(C)c(C)c[n+]2C)c(C)c1.[2H]C([2H])([2H])c1ccc(-c2ccc(C([2H])([2H])C([2H])([2H])[2H])cc2C)[n+](C)c1.[2H]C([2H])([2H])c1ccc(-c2ccc(C([2H])([2H])[2H])c[n+]2C)c(C)c1. The van der Waals surface area contributed by atoms with E-state index in [9.17, 15) is 0 Å². The highest BCUT2D eigenvalue weighted by molar-refractivity contribution is 5.66. The Morgan fingerprint density at radius 2 is 0.618 bits per heavy atom. The summed E-state index contributed by atoms with van der Waals surface area (Å²) in [6.45, 7) is 25.2. The molecule has 5 heterocycles. The van der Waals surface area contributed by atoms with Crippen molar-refractivity contribution < 1.29 is 42.0 Å². The van der Waals surface area contributed by atoms with Crippen molar-refractivity contribution in [3.8, 4) is 56.3 Å². The summed E-state index contributed by atoms with van der Waals surface area (Å²) in [6.07, 6.45) is 7.33. The lowest BCUT2D eigenvalue weighted by atomic mass is 9.95. The highest BCUT2D eigenvalue weighted by Gasteiger charge is 2.19. The van der Waals surface area contributed by atoms with Crippen LogP contribution in [-0.4, -0.2) is 0 Å². The van der Waals surface area contributed by atoms with Gasteiger partial charge in [-0.1, -0.05) is 120 Å². The molecular weight excluding hydrogens is 1080 g/mol. The number of nitrogens with zero attached hydrogens (tertiary/aromatic N) is 5. The van der Waals surface area contributed by atoms with E-state index < -0.39 is 33.8 Å². The minimum Gasteiger partial charge on any atom is -0.201 e. The molecule has 0 aliphatic carbocycles. The Morgan fingerprint density at radius 3 is 0.989 bits per heavy atom. The lowest BCUT2D eigenvalue weighted by Gasteiger charge is -2.11. The Bertz CT molecular complexity index is 4530. The van der Waals surface area contributed by atoms with Crippen molar-refractivity contribution in [1.29, 1.82) is 0 Å². The summed E-state index contributed by atoms with van der Waals surface area (Å²) in [4.78, 5) is 0. The van der Waals surface area contributed by atoms with Crippen LogP contribution >= 0.6 is 0 Å². The van der Waals surface area contributed by atoms with Gasteiger partial charge in [-0.25, -0.2) is 22.8 Å². The van der Waals surface area contributed by atoms with Crippen LogP contribution in [0.2, 0.25) is 0 Å². The molecule has 0 N–H and O–H groups in total. The predicted octanol–water partition coefficient (Wildman–Crippen LogP) is 18.8. The summed E-state index contributed by atoms with van der Waals surface area (Å²) in [5.74, 6) is 1.74. The fourth-order valence-corrected chi connectivity index (χ4v) is 11.1. The zero-order chi connectivity index (χ0) is 77.5. The highest BCUT2D eigenvalue weighted by atomic mass is 14.9. The third kappa shape index (κ3) is 18.5. The Morgan fingerprint density at radius 1 is 0.292 bits per heavy atom. The zero-order valence-corrected chi connectivity index (χ0v) is 57.1. The van der Waals surface area contributed by atoms with Crippen LogP contribution in [0.4, 0.5) is 0 Å². The molecule has 5 heteroatoms. The van der Waals surface area contributed by atoms with Crippen LogP contribution in [0.1, 0.15) is 180 Å². The maximum atomic E-state index is 7.87. The standard InChI is InChI=1S/C19H26N.C18H24N.2C16H20N.C15H18N/c1-13(2)16-7-9-18(15(5)11-16)19-10-8-17(14(3)4)12-20(19)6;1-12(2)16-7-8-17(14(4)9-16)18-10-13(3)15(5)11-19(18)6;1-11-6-7-15(13(3)8-11)16-9-12(2)14(4)10-17(16)5;1-5-14-7-8-15(13(3)10-14)16-9-6-12(2)11-17(16)4;1-11-5-7-14(13(3)9-11)15-8-6-12(2)10-16(15)4/h7-14H,1-6H3;7-12H,1-6H3;6-10H,1-5H3;6-11H,5H2,1-4H3;5-10H,1-4H3/q5*+1/i;;;1D3,2D3,5D2;1D3,2D3. The number of benzene rings is 5. The van der Waals surface area contributed by atoms with E-state index in [2.05, 4.69) is 229 Å². The Balaban J connectivity index is 0.000000203. The summed E-state index contributed by atoms with van der Waals surface area (Å²) >= 11 is 0. The zero-order valence-electron chi connectivity index (χ0n) is 71.1. The fourth-order valence-electron chi connectivity index (χ4n) is 11.1. The largest absolute Gasteiger partial charge is 0.212 e. The predicted molar refractivity (Wildman–Crippen MR) is 378 cm³/mol. The van der Waals surface area contributed by atoms with E-state index in [4.69, 9.17) is 19.2 Å². The third-order valence-electron chi connectivity index (χ3n) is 16.8. The van der Waals surface area contributed by atoms with Gasteiger partial charge < -0.3 is 0 Å². The first-order valence-electron chi connectivity index (χ1n) is 38.0. The first-order valence-corrected chi connectivity index (χ1v) is 31.0. The minimum absolute atomic E-state index is 0.0931. The molecule has 0 aliphatic heterocycles. The number of aryl methyl sites for hydroxylation is 19. The summed E-state index contributed by atoms with van der Waals surface area (Å²) in [7, 11) is 9.89. The van der Waals surface area contributed by atoms with E-state index in [0.717, 1.165) is 28.1 Å². The molecule has 0 unspecified atom stereocenters. The topological polar surface area (TPSA) is 19.4 Å². The van der Waals surface area contributed by atoms with Crippen LogP contribution < -0.4 is 22.8 Å². The van der Waals surface area contributed by atoms with Gasteiger partial charge in [0, 0.05) is 105 Å². The van der Waals surface area contributed by atoms with Crippen LogP contribution in [0.3, 0.4) is 0 Å². The second-order valence-electron chi connectivity index (χ2n) is 25.2. The van der Waals surface area contributed by atoms with E-state index in [0.29, 0.717) is 28.9 Å². The van der Waals surface area contributed by atoms with Gasteiger partial charge in [0.25, 0.3) is 0 Å². The molecule has 89 heavy (non-hydrogen) atoms. The smallest absolute Gasteiger partial charge is 0.201 e. The number of pyridine rings is 5. The van der Waals surface area contributed by atoms with E-state index in [1.54, 1.807) is 78.8 Å². The molecule has 0 amide bonds. The minimum atomic E-state index is -2.76. The second-order valence-corrected chi connectivity index (χ2v) is 25.2. The van der Waals surface area contributed by atoms with Crippen LogP contribution in [0.5, 0.6) is 0 Å². The van der Waals surface area contributed by atoms with Gasteiger partial charge in [-0.05, 0) is 218 Å². The van der Waals surface area contributed by atoms with E-state index in [1.165, 1.54) is 119 Å². The third-order valence-corrected chi connectivity index (χ3v) is 16.8. The van der Waals surface area contributed by atoms with E-state index in [1.807, 2.05) is 6.92 Å². The van der Waals surface area contributed by atoms with Crippen molar-refractivity contribution in [2.45, 2.75) is 162 Å². The maximum Gasteiger partial charge on any atom is 0.212 e. The molecular formula is C84H108N5+5. The lowest BCUT2D eigenvalue weighted by molar-refractivity contribution is -0.661. The molecule has 0 spiro atoms. The fraction of sp³-hybridized carbons (Fsp3) is 0.345. The average Bonchev–Trinajstić information content (AvgIpc) is 0.798. The molecule has 10 rings (SSSR count). The highest BCUT2D eigenvalue weighted by Crippen LogP contribution is 2.29. The first-order chi connectivity index (χ1) is 47.5. The molecule has 5 nitrogen and oxygen atoms in total. The van der Waals surface area contributed by atoms with Gasteiger partial charge in [-0.15, -0.1) is 0 Å². The van der Waals surface area contributed by atoms with Crippen molar-refractivity contribution >= 4 is 0 Å². The van der Waals surface area contributed by atoms with Gasteiger partial charge in [-0.2, -0.15) is 0 Å². The Hall–Kier alpha value is -8.15. The lowest BCUT2D eigenvalue weighted by Crippen LogP contribution is -2.31. The number of rotatable bonds is 9. The quantitative estimate of drug-likeness (QED) is 0.128. The van der Waals surface area contributed by atoms with Gasteiger partial charge in [0.15, 0.2) is 31.0 Å².